The zero-order valence-corrected chi connectivity index (χ0v) is 9.00. The highest BCUT2D eigenvalue weighted by molar-refractivity contribution is 6.16. The van der Waals surface area contributed by atoms with E-state index in [9.17, 15) is 9.59 Å². The van der Waals surface area contributed by atoms with Crippen LogP contribution in [0.15, 0.2) is 9.59 Å². The molecule has 7 heteroatoms. The van der Waals surface area contributed by atoms with E-state index in [1.165, 1.54) is 11.6 Å². The second-order valence-electron chi connectivity index (χ2n) is 3.22. The second kappa shape index (κ2) is 3.23. The van der Waals surface area contributed by atoms with Gasteiger partial charge in [0.05, 0.1) is 5.88 Å². The van der Waals surface area contributed by atoms with Gasteiger partial charge in [-0.15, -0.1) is 11.6 Å². The Balaban J connectivity index is 3.04. The van der Waals surface area contributed by atoms with Crippen molar-refractivity contribution < 1.29 is 0 Å². The van der Waals surface area contributed by atoms with E-state index in [0.717, 1.165) is 4.57 Å². The number of hydrogen-bond acceptors (Lipinski definition) is 3. The third-order valence-corrected chi connectivity index (χ3v) is 2.52. The molecule has 6 nitrogen and oxygen atoms in total. The van der Waals surface area contributed by atoms with E-state index in [1.807, 2.05) is 0 Å². The Hall–Kier alpha value is -1.56. The van der Waals surface area contributed by atoms with Crippen LogP contribution in [-0.4, -0.2) is 19.1 Å². The van der Waals surface area contributed by atoms with Gasteiger partial charge in [-0.2, -0.15) is 0 Å². The summed E-state index contributed by atoms with van der Waals surface area (Å²) in [6.07, 6.45) is 0. The van der Waals surface area contributed by atoms with E-state index in [4.69, 9.17) is 11.6 Å². The number of aryl methyl sites for hydroxylation is 1. The van der Waals surface area contributed by atoms with Crippen LogP contribution < -0.4 is 11.2 Å². The molecule has 0 aromatic carbocycles. The van der Waals surface area contributed by atoms with Crippen molar-refractivity contribution in [3.05, 3.63) is 26.7 Å². The standard InChI is InChI=1S/C8H9ClN4O2/c1-12-6-5(10-4(3-9)11-6)7(14)13(2)8(12)15/h3H2,1-2H3,(H,10,11). The maximum absolute atomic E-state index is 11.7. The highest BCUT2D eigenvalue weighted by atomic mass is 35.5. The summed E-state index contributed by atoms with van der Waals surface area (Å²) in [5, 5.41) is 0. The van der Waals surface area contributed by atoms with E-state index in [-0.39, 0.29) is 5.88 Å². The van der Waals surface area contributed by atoms with Crippen LogP contribution in [0.2, 0.25) is 0 Å². The summed E-state index contributed by atoms with van der Waals surface area (Å²) in [6, 6.07) is 0. The number of imidazole rings is 1. The van der Waals surface area contributed by atoms with Crippen LogP contribution in [0.3, 0.4) is 0 Å². The van der Waals surface area contributed by atoms with Gasteiger partial charge in [0, 0.05) is 14.1 Å². The number of nitrogens with one attached hydrogen (secondary N) is 1. The first kappa shape index (κ1) is 9.97. The largest absolute Gasteiger partial charge is 0.335 e. The molecule has 0 saturated heterocycles. The summed E-state index contributed by atoms with van der Waals surface area (Å²) in [7, 11) is 2.98. The molecule has 2 rings (SSSR count). The molecule has 0 aliphatic heterocycles. The molecule has 1 N–H and O–H groups in total. The molecule has 2 heterocycles. The quantitative estimate of drug-likeness (QED) is 0.681. The van der Waals surface area contributed by atoms with Gasteiger partial charge in [-0.25, -0.2) is 9.78 Å². The van der Waals surface area contributed by atoms with Gasteiger partial charge in [0.2, 0.25) is 0 Å². The van der Waals surface area contributed by atoms with Gasteiger partial charge in [-0.3, -0.25) is 13.9 Å². The molecule has 0 radical (unpaired) electrons. The first-order valence-electron chi connectivity index (χ1n) is 4.27. The molecule has 0 unspecified atom stereocenters. The zero-order valence-electron chi connectivity index (χ0n) is 8.24. The molecular formula is C8H9ClN4O2. The fourth-order valence-corrected chi connectivity index (χ4v) is 1.56. The van der Waals surface area contributed by atoms with Crippen molar-refractivity contribution in [3.8, 4) is 0 Å². The first-order chi connectivity index (χ1) is 7.06. The van der Waals surface area contributed by atoms with Crippen LogP contribution in [0, 0.1) is 0 Å². The van der Waals surface area contributed by atoms with Crippen molar-refractivity contribution in [1.82, 2.24) is 19.1 Å². The second-order valence-corrected chi connectivity index (χ2v) is 3.49. The first-order valence-corrected chi connectivity index (χ1v) is 4.80. The minimum atomic E-state index is -0.403. The number of hydrogen-bond donors (Lipinski definition) is 1. The predicted molar refractivity (Wildman–Crippen MR) is 56.1 cm³/mol. The summed E-state index contributed by atoms with van der Waals surface area (Å²) < 4.78 is 2.34. The van der Waals surface area contributed by atoms with Crippen molar-refractivity contribution >= 4 is 22.8 Å². The highest BCUT2D eigenvalue weighted by Gasteiger charge is 2.12. The molecule has 0 spiro atoms. The molecular weight excluding hydrogens is 220 g/mol. The van der Waals surface area contributed by atoms with Gasteiger partial charge in [-0.05, 0) is 0 Å². The third kappa shape index (κ3) is 1.29. The van der Waals surface area contributed by atoms with Gasteiger partial charge in [0.1, 0.15) is 11.3 Å². The number of fused-ring (bicyclic) bond motifs is 1. The zero-order chi connectivity index (χ0) is 11.2. The summed E-state index contributed by atoms with van der Waals surface area (Å²) in [5.41, 5.74) is -0.161. The third-order valence-electron chi connectivity index (χ3n) is 2.27. The van der Waals surface area contributed by atoms with Crippen LogP contribution in [0.1, 0.15) is 5.82 Å². The number of alkyl halides is 1. The van der Waals surface area contributed by atoms with E-state index >= 15 is 0 Å². The monoisotopic (exact) mass is 228 g/mol. The van der Waals surface area contributed by atoms with Gasteiger partial charge >= 0.3 is 5.69 Å². The van der Waals surface area contributed by atoms with Crippen molar-refractivity contribution in [1.29, 1.82) is 0 Å². The van der Waals surface area contributed by atoms with E-state index in [1.54, 1.807) is 7.05 Å². The molecule has 0 atom stereocenters. The minimum Gasteiger partial charge on any atom is -0.335 e. The van der Waals surface area contributed by atoms with Crippen LogP contribution in [0.5, 0.6) is 0 Å². The van der Waals surface area contributed by atoms with Crippen LogP contribution in [-0.2, 0) is 20.0 Å². The van der Waals surface area contributed by atoms with Gasteiger partial charge in [0.25, 0.3) is 5.56 Å². The molecule has 0 bridgehead atoms. The van der Waals surface area contributed by atoms with Crippen molar-refractivity contribution in [3.63, 3.8) is 0 Å². The van der Waals surface area contributed by atoms with Crippen LogP contribution in [0.4, 0.5) is 0 Å². The van der Waals surface area contributed by atoms with Crippen LogP contribution in [0.25, 0.3) is 11.2 Å². The van der Waals surface area contributed by atoms with Crippen molar-refractivity contribution in [2.45, 2.75) is 5.88 Å². The fraction of sp³-hybridized carbons (Fsp3) is 0.375. The summed E-state index contributed by atoms with van der Waals surface area (Å²) in [5.74, 6) is 0.649. The smallest absolute Gasteiger partial charge is 0.332 e. The molecule has 0 saturated carbocycles. The fourth-order valence-electron chi connectivity index (χ4n) is 1.44. The topological polar surface area (TPSA) is 72.7 Å². The molecule has 0 aliphatic carbocycles. The Kier molecular flexibility index (Phi) is 2.15. The van der Waals surface area contributed by atoms with Gasteiger partial charge in [-0.1, -0.05) is 0 Å². The van der Waals surface area contributed by atoms with Crippen molar-refractivity contribution in [2.75, 3.05) is 0 Å². The molecule has 0 amide bonds. The summed E-state index contributed by atoms with van der Waals surface area (Å²) in [6.45, 7) is 0. The number of halogens is 1. The molecule has 2 aromatic rings. The average molecular weight is 229 g/mol. The molecule has 2 aromatic heterocycles. The predicted octanol–water partition coefficient (Wildman–Crippen LogP) is -0.301. The lowest BCUT2D eigenvalue weighted by Crippen LogP contribution is -2.36. The number of aromatic amines is 1. The molecule has 0 aliphatic rings. The lowest BCUT2D eigenvalue weighted by Gasteiger charge is -2.00. The Morgan fingerprint density at radius 1 is 1.33 bits per heavy atom. The van der Waals surface area contributed by atoms with E-state index in [0.29, 0.717) is 17.0 Å². The SMILES string of the molecule is Cn1c(=O)c2[nH]c(CCl)nc2n(C)c1=O. The number of nitrogens with zero attached hydrogens (tertiary/aromatic N) is 3. The number of H-pyrrole nitrogens is 1. The maximum atomic E-state index is 11.7. The highest BCUT2D eigenvalue weighted by Crippen LogP contribution is 2.05. The molecule has 15 heavy (non-hydrogen) atoms. The Morgan fingerprint density at radius 2 is 2.00 bits per heavy atom. The Morgan fingerprint density at radius 3 is 2.60 bits per heavy atom. The maximum Gasteiger partial charge on any atom is 0.332 e. The van der Waals surface area contributed by atoms with Gasteiger partial charge in [0.15, 0.2) is 5.65 Å². The normalized spacial score (nSPS) is 11.1. The lowest BCUT2D eigenvalue weighted by atomic mass is 10.5. The Bertz CT molecular complexity index is 636. The molecule has 0 fully saturated rings. The number of rotatable bonds is 1. The van der Waals surface area contributed by atoms with Gasteiger partial charge < -0.3 is 4.98 Å². The molecule has 80 valence electrons. The van der Waals surface area contributed by atoms with E-state index < -0.39 is 11.2 Å². The minimum absolute atomic E-state index is 0.173. The summed E-state index contributed by atoms with van der Waals surface area (Å²) >= 11 is 5.59. The Labute approximate surface area is 89.1 Å². The number of aromatic nitrogens is 4. The van der Waals surface area contributed by atoms with Crippen molar-refractivity contribution in [2.24, 2.45) is 14.1 Å². The summed E-state index contributed by atoms with van der Waals surface area (Å²) in [4.78, 5) is 30.0. The van der Waals surface area contributed by atoms with Crippen LogP contribution >= 0.6 is 11.6 Å². The van der Waals surface area contributed by atoms with E-state index in [2.05, 4.69) is 9.97 Å². The average Bonchev–Trinajstić information content (AvgIpc) is 2.67. The lowest BCUT2D eigenvalue weighted by molar-refractivity contribution is 0.708.